The van der Waals surface area contributed by atoms with Crippen LogP contribution in [0.3, 0.4) is 0 Å². The first kappa shape index (κ1) is 13.2. The molecule has 104 valence electrons. The van der Waals surface area contributed by atoms with Crippen LogP contribution >= 0.6 is 0 Å². The molecular formula is C17H18O3. The molecular weight excluding hydrogens is 252 g/mol. The maximum Gasteiger partial charge on any atom is 0.190 e. The van der Waals surface area contributed by atoms with Gasteiger partial charge in [0, 0.05) is 12.0 Å². The number of hydrogen-bond acceptors (Lipinski definition) is 3. The minimum atomic E-state index is -1.25. The fraction of sp³-hybridized carbons (Fsp3) is 0.294. The molecule has 0 aromatic heterocycles. The SMILES string of the molecule is COc1ccc([C@H]2Cc3ccccc3[C@](C)(O)O2)cc1. The average Bonchev–Trinajstić information content (AvgIpc) is 2.47. The van der Waals surface area contributed by atoms with Gasteiger partial charge in [-0.25, -0.2) is 0 Å². The topological polar surface area (TPSA) is 38.7 Å². The normalized spacial score (nSPS) is 25.1. The van der Waals surface area contributed by atoms with Crippen molar-refractivity contribution < 1.29 is 14.6 Å². The molecule has 1 heterocycles. The Morgan fingerprint density at radius 2 is 1.85 bits per heavy atom. The molecule has 0 saturated carbocycles. The molecule has 0 spiro atoms. The van der Waals surface area contributed by atoms with Crippen LogP contribution in [0.4, 0.5) is 0 Å². The van der Waals surface area contributed by atoms with E-state index in [1.165, 1.54) is 0 Å². The van der Waals surface area contributed by atoms with Gasteiger partial charge in [-0.05, 0) is 30.2 Å². The van der Waals surface area contributed by atoms with E-state index in [0.717, 1.165) is 28.9 Å². The Balaban J connectivity index is 1.94. The van der Waals surface area contributed by atoms with Crippen molar-refractivity contribution in [1.29, 1.82) is 0 Å². The van der Waals surface area contributed by atoms with Crippen LogP contribution in [-0.2, 0) is 16.9 Å². The van der Waals surface area contributed by atoms with Crippen LogP contribution < -0.4 is 4.74 Å². The number of hydrogen-bond donors (Lipinski definition) is 1. The molecule has 3 heteroatoms. The lowest BCUT2D eigenvalue weighted by Crippen LogP contribution is -2.34. The molecule has 0 bridgehead atoms. The van der Waals surface area contributed by atoms with E-state index in [4.69, 9.17) is 9.47 Å². The maximum atomic E-state index is 10.5. The molecule has 1 aliphatic heterocycles. The summed E-state index contributed by atoms with van der Waals surface area (Å²) in [6.07, 6.45) is 0.615. The number of fused-ring (bicyclic) bond motifs is 1. The van der Waals surface area contributed by atoms with E-state index >= 15 is 0 Å². The van der Waals surface area contributed by atoms with Gasteiger partial charge in [0.25, 0.3) is 0 Å². The van der Waals surface area contributed by atoms with Gasteiger partial charge in [0.2, 0.25) is 0 Å². The van der Waals surface area contributed by atoms with Gasteiger partial charge < -0.3 is 14.6 Å². The summed E-state index contributed by atoms with van der Waals surface area (Å²) in [5.74, 6) is -0.434. The second-order valence-corrected chi connectivity index (χ2v) is 5.22. The molecule has 2 aromatic rings. The Morgan fingerprint density at radius 3 is 2.55 bits per heavy atom. The third-order valence-electron chi connectivity index (χ3n) is 3.78. The van der Waals surface area contributed by atoms with E-state index in [9.17, 15) is 5.11 Å². The van der Waals surface area contributed by atoms with Crippen LogP contribution in [0.25, 0.3) is 0 Å². The molecule has 0 aliphatic carbocycles. The van der Waals surface area contributed by atoms with Crippen LogP contribution in [0, 0.1) is 0 Å². The molecule has 0 unspecified atom stereocenters. The Hall–Kier alpha value is -1.84. The summed E-state index contributed by atoms with van der Waals surface area (Å²) in [5.41, 5.74) is 3.02. The first-order chi connectivity index (χ1) is 9.60. The summed E-state index contributed by atoms with van der Waals surface area (Å²) in [5, 5.41) is 10.5. The second-order valence-electron chi connectivity index (χ2n) is 5.22. The van der Waals surface area contributed by atoms with E-state index in [0.29, 0.717) is 0 Å². The molecule has 1 aliphatic rings. The molecule has 0 fully saturated rings. The van der Waals surface area contributed by atoms with E-state index in [-0.39, 0.29) is 6.10 Å². The smallest absolute Gasteiger partial charge is 0.190 e. The molecule has 3 nitrogen and oxygen atoms in total. The first-order valence-corrected chi connectivity index (χ1v) is 6.72. The lowest BCUT2D eigenvalue weighted by atomic mass is 9.90. The maximum absolute atomic E-state index is 10.5. The third kappa shape index (κ3) is 2.30. The van der Waals surface area contributed by atoms with Crippen LogP contribution in [0.15, 0.2) is 48.5 Å². The fourth-order valence-electron chi connectivity index (χ4n) is 2.74. The van der Waals surface area contributed by atoms with Crippen molar-refractivity contribution in [2.75, 3.05) is 7.11 Å². The van der Waals surface area contributed by atoms with Crippen molar-refractivity contribution >= 4 is 0 Å². The number of aliphatic hydroxyl groups is 1. The van der Waals surface area contributed by atoms with E-state index < -0.39 is 5.79 Å². The van der Waals surface area contributed by atoms with E-state index in [1.54, 1.807) is 14.0 Å². The average molecular weight is 270 g/mol. The van der Waals surface area contributed by atoms with Gasteiger partial charge in [-0.1, -0.05) is 36.4 Å². The highest BCUT2D eigenvalue weighted by Crippen LogP contribution is 2.39. The van der Waals surface area contributed by atoms with E-state index in [1.807, 2.05) is 48.5 Å². The number of ether oxygens (including phenoxy) is 2. The van der Waals surface area contributed by atoms with Crippen molar-refractivity contribution in [3.05, 3.63) is 65.2 Å². The van der Waals surface area contributed by atoms with Gasteiger partial charge in [0.15, 0.2) is 5.79 Å². The highest BCUT2D eigenvalue weighted by molar-refractivity contribution is 5.36. The minimum absolute atomic E-state index is 0.147. The van der Waals surface area contributed by atoms with Gasteiger partial charge in [-0.3, -0.25) is 0 Å². The standard InChI is InChI=1S/C17H18O3/c1-17(18)15-6-4-3-5-13(15)11-16(20-17)12-7-9-14(19-2)10-8-12/h3-10,16,18H,11H2,1-2H3/t16-,17-/m1/s1. The van der Waals surface area contributed by atoms with Crippen molar-refractivity contribution in [1.82, 2.24) is 0 Å². The molecule has 0 saturated heterocycles. The summed E-state index contributed by atoms with van der Waals surface area (Å²) in [4.78, 5) is 0. The summed E-state index contributed by atoms with van der Waals surface area (Å²) < 4.78 is 11.0. The van der Waals surface area contributed by atoms with Crippen molar-refractivity contribution in [2.45, 2.75) is 25.2 Å². The number of benzene rings is 2. The van der Waals surface area contributed by atoms with Crippen LogP contribution in [0.2, 0.25) is 0 Å². The Kier molecular flexibility index (Phi) is 3.24. The zero-order valence-electron chi connectivity index (χ0n) is 11.7. The Morgan fingerprint density at radius 1 is 1.15 bits per heavy atom. The Bertz CT molecular complexity index is 602. The monoisotopic (exact) mass is 270 g/mol. The molecule has 20 heavy (non-hydrogen) atoms. The van der Waals surface area contributed by atoms with Crippen LogP contribution in [0.1, 0.15) is 29.7 Å². The molecule has 0 radical (unpaired) electrons. The summed E-state index contributed by atoms with van der Waals surface area (Å²) in [6.45, 7) is 1.70. The summed E-state index contributed by atoms with van der Waals surface area (Å²) in [6, 6.07) is 15.7. The minimum Gasteiger partial charge on any atom is -0.497 e. The van der Waals surface area contributed by atoms with Crippen molar-refractivity contribution in [3.8, 4) is 5.75 Å². The predicted molar refractivity (Wildman–Crippen MR) is 76.5 cm³/mol. The van der Waals surface area contributed by atoms with Crippen LogP contribution in [-0.4, -0.2) is 12.2 Å². The van der Waals surface area contributed by atoms with Crippen molar-refractivity contribution in [2.24, 2.45) is 0 Å². The number of rotatable bonds is 2. The van der Waals surface area contributed by atoms with Gasteiger partial charge in [-0.2, -0.15) is 0 Å². The predicted octanol–water partition coefficient (Wildman–Crippen LogP) is 3.17. The number of methoxy groups -OCH3 is 1. The second kappa shape index (κ2) is 4.93. The van der Waals surface area contributed by atoms with Gasteiger partial charge in [-0.15, -0.1) is 0 Å². The highest BCUT2D eigenvalue weighted by atomic mass is 16.6. The molecule has 0 amide bonds. The lowest BCUT2D eigenvalue weighted by molar-refractivity contribution is -0.237. The molecule has 2 atom stereocenters. The third-order valence-corrected chi connectivity index (χ3v) is 3.78. The zero-order valence-corrected chi connectivity index (χ0v) is 11.7. The molecule has 1 N–H and O–H groups in total. The first-order valence-electron chi connectivity index (χ1n) is 6.72. The zero-order chi connectivity index (χ0) is 14.2. The summed E-state index contributed by atoms with van der Waals surface area (Å²) in [7, 11) is 1.65. The van der Waals surface area contributed by atoms with E-state index in [2.05, 4.69) is 0 Å². The summed E-state index contributed by atoms with van der Waals surface area (Å²) >= 11 is 0. The van der Waals surface area contributed by atoms with Gasteiger partial charge in [0.1, 0.15) is 5.75 Å². The quantitative estimate of drug-likeness (QED) is 0.911. The van der Waals surface area contributed by atoms with Crippen molar-refractivity contribution in [3.63, 3.8) is 0 Å². The molecule has 2 aromatic carbocycles. The Labute approximate surface area is 118 Å². The largest absolute Gasteiger partial charge is 0.497 e. The van der Waals surface area contributed by atoms with Gasteiger partial charge in [0.05, 0.1) is 13.2 Å². The van der Waals surface area contributed by atoms with Gasteiger partial charge >= 0.3 is 0 Å². The molecule has 3 rings (SSSR count). The highest BCUT2D eigenvalue weighted by Gasteiger charge is 2.35. The lowest BCUT2D eigenvalue weighted by Gasteiger charge is -2.36. The fourth-order valence-corrected chi connectivity index (χ4v) is 2.74. The van der Waals surface area contributed by atoms with Crippen LogP contribution in [0.5, 0.6) is 5.75 Å².